The Hall–Kier alpha value is -3.71. The van der Waals surface area contributed by atoms with E-state index in [1.807, 2.05) is 24.3 Å². The van der Waals surface area contributed by atoms with Crippen LogP contribution < -0.4 is 24.4 Å². The Bertz CT molecular complexity index is 1180. The summed E-state index contributed by atoms with van der Waals surface area (Å²) in [7, 11) is 0. The molecule has 0 bridgehead atoms. The second-order valence-electron chi connectivity index (χ2n) is 7.98. The third kappa shape index (κ3) is 6.45. The van der Waals surface area contributed by atoms with E-state index in [1.165, 1.54) is 5.56 Å². The maximum absolute atomic E-state index is 12.6. The number of fused-ring (bicyclic) bond motifs is 1. The van der Waals surface area contributed by atoms with Gasteiger partial charge in [-0.15, -0.1) is 0 Å². The van der Waals surface area contributed by atoms with Gasteiger partial charge in [-0.3, -0.25) is 9.59 Å². The number of hydrogen-bond acceptors (Lipinski definition) is 5. The normalized spacial score (nSPS) is 12.5. The highest BCUT2D eigenvalue weighted by atomic mass is 35.5. The van der Waals surface area contributed by atoms with Crippen molar-refractivity contribution >= 4 is 34.8 Å². The number of carbonyl (C=O) groups is 2. The molecule has 0 saturated carbocycles. The number of aryl methyl sites for hydroxylation is 1. The van der Waals surface area contributed by atoms with Gasteiger partial charge in [0, 0.05) is 12.2 Å². The molecule has 4 rings (SSSR count). The zero-order valence-electron chi connectivity index (χ0n) is 19.5. The minimum absolute atomic E-state index is 0.0241. The van der Waals surface area contributed by atoms with E-state index in [-0.39, 0.29) is 25.0 Å². The van der Waals surface area contributed by atoms with Crippen molar-refractivity contribution in [3.63, 3.8) is 0 Å². The maximum Gasteiger partial charge on any atom is 0.265 e. The van der Waals surface area contributed by atoms with Crippen molar-refractivity contribution in [1.29, 1.82) is 0 Å². The summed E-state index contributed by atoms with van der Waals surface area (Å²) in [5, 5.41) is 3.22. The lowest BCUT2D eigenvalue weighted by molar-refractivity contribution is -0.121. The number of rotatable bonds is 10. The van der Waals surface area contributed by atoms with Crippen LogP contribution in [-0.4, -0.2) is 38.2 Å². The summed E-state index contributed by atoms with van der Waals surface area (Å²) in [6.45, 7) is 2.83. The number of nitrogens with zero attached hydrogens (tertiary/aromatic N) is 1. The molecule has 1 aliphatic rings. The fourth-order valence-electron chi connectivity index (χ4n) is 3.66. The first kappa shape index (κ1) is 24.4. The summed E-state index contributed by atoms with van der Waals surface area (Å²) >= 11 is 6.06. The second kappa shape index (κ2) is 11.6. The van der Waals surface area contributed by atoms with Crippen LogP contribution in [0.5, 0.6) is 17.2 Å². The Kier molecular flexibility index (Phi) is 8.11. The number of para-hydroxylation sites is 1. The fraction of sp³-hybridized carbons (Fsp3) is 0.259. The highest BCUT2D eigenvalue weighted by molar-refractivity contribution is 6.32. The molecule has 7 nitrogen and oxygen atoms in total. The molecule has 0 radical (unpaired) electrons. The average molecular weight is 495 g/mol. The van der Waals surface area contributed by atoms with Crippen molar-refractivity contribution in [3.8, 4) is 17.2 Å². The van der Waals surface area contributed by atoms with Gasteiger partial charge in [-0.1, -0.05) is 42.8 Å². The first-order valence-corrected chi connectivity index (χ1v) is 11.9. The standard InChI is InChI=1S/C27H27ClN2O5/c1-2-19-8-11-21(12-9-19)33-15-5-14-30-23-16-20(10-13-25(23)35-18-27(30)32)29-26(31)17-34-24-7-4-3-6-22(24)28/h3-4,6-13,16H,2,5,14-15,17-18H2,1H3,(H,29,31). The van der Waals surface area contributed by atoms with Gasteiger partial charge >= 0.3 is 0 Å². The Morgan fingerprint density at radius 1 is 1.09 bits per heavy atom. The third-order valence-electron chi connectivity index (χ3n) is 5.51. The molecule has 35 heavy (non-hydrogen) atoms. The molecule has 0 spiro atoms. The van der Waals surface area contributed by atoms with Crippen LogP contribution >= 0.6 is 11.6 Å². The minimum Gasteiger partial charge on any atom is -0.494 e. The van der Waals surface area contributed by atoms with Crippen LogP contribution in [0.4, 0.5) is 11.4 Å². The molecule has 1 heterocycles. The van der Waals surface area contributed by atoms with Crippen LogP contribution in [0.3, 0.4) is 0 Å². The van der Waals surface area contributed by atoms with E-state index in [9.17, 15) is 9.59 Å². The number of anilines is 2. The van der Waals surface area contributed by atoms with Crippen LogP contribution in [0.15, 0.2) is 66.7 Å². The van der Waals surface area contributed by atoms with Gasteiger partial charge < -0.3 is 24.4 Å². The lowest BCUT2D eigenvalue weighted by Crippen LogP contribution is -2.39. The molecule has 0 atom stereocenters. The van der Waals surface area contributed by atoms with Crippen LogP contribution in [-0.2, 0) is 16.0 Å². The van der Waals surface area contributed by atoms with E-state index >= 15 is 0 Å². The SMILES string of the molecule is CCc1ccc(OCCCN2C(=O)COc3ccc(NC(=O)COc4ccccc4Cl)cc32)cc1. The largest absolute Gasteiger partial charge is 0.494 e. The number of benzene rings is 3. The summed E-state index contributed by atoms with van der Waals surface area (Å²) in [6, 6.07) is 20.2. The van der Waals surface area contributed by atoms with Gasteiger partial charge in [0.2, 0.25) is 0 Å². The highest BCUT2D eigenvalue weighted by Crippen LogP contribution is 2.34. The van der Waals surface area contributed by atoms with Crippen LogP contribution in [0.1, 0.15) is 18.9 Å². The first-order valence-electron chi connectivity index (χ1n) is 11.5. The number of nitrogens with one attached hydrogen (secondary N) is 1. The Labute approximate surface area is 209 Å². The number of halogens is 1. The number of carbonyl (C=O) groups excluding carboxylic acids is 2. The van der Waals surface area contributed by atoms with Gasteiger partial charge in [0.25, 0.3) is 11.8 Å². The Morgan fingerprint density at radius 2 is 1.89 bits per heavy atom. The molecule has 0 fully saturated rings. The van der Waals surface area contributed by atoms with E-state index in [2.05, 4.69) is 12.2 Å². The molecule has 0 unspecified atom stereocenters. The van der Waals surface area contributed by atoms with E-state index in [0.717, 1.165) is 12.2 Å². The zero-order valence-corrected chi connectivity index (χ0v) is 20.2. The molecule has 1 N–H and O–H groups in total. The summed E-state index contributed by atoms with van der Waals surface area (Å²) < 4.78 is 16.9. The van der Waals surface area contributed by atoms with Crippen molar-refractivity contribution in [3.05, 3.63) is 77.3 Å². The summed E-state index contributed by atoms with van der Waals surface area (Å²) in [6.07, 6.45) is 1.62. The van der Waals surface area contributed by atoms with E-state index in [4.69, 9.17) is 25.8 Å². The summed E-state index contributed by atoms with van der Waals surface area (Å²) in [5.41, 5.74) is 2.40. The van der Waals surface area contributed by atoms with E-state index in [0.29, 0.717) is 47.5 Å². The van der Waals surface area contributed by atoms with Crippen molar-refractivity contribution < 1.29 is 23.8 Å². The number of hydrogen-bond donors (Lipinski definition) is 1. The smallest absolute Gasteiger partial charge is 0.265 e. The molecule has 182 valence electrons. The molecule has 8 heteroatoms. The lowest BCUT2D eigenvalue weighted by atomic mass is 10.2. The topological polar surface area (TPSA) is 77.1 Å². The molecule has 1 aliphatic heterocycles. The maximum atomic E-state index is 12.6. The average Bonchev–Trinajstić information content (AvgIpc) is 2.87. The summed E-state index contributed by atoms with van der Waals surface area (Å²) in [5.74, 6) is 1.34. The second-order valence-corrected chi connectivity index (χ2v) is 8.39. The molecule has 3 aromatic rings. The molecular weight excluding hydrogens is 468 g/mol. The van der Waals surface area contributed by atoms with E-state index in [1.54, 1.807) is 47.4 Å². The summed E-state index contributed by atoms with van der Waals surface area (Å²) in [4.78, 5) is 26.6. The Morgan fingerprint density at radius 3 is 2.66 bits per heavy atom. The van der Waals surface area contributed by atoms with Gasteiger partial charge in [-0.25, -0.2) is 0 Å². The molecule has 0 saturated heterocycles. The van der Waals surface area contributed by atoms with Crippen molar-refractivity contribution in [2.24, 2.45) is 0 Å². The predicted octanol–water partition coefficient (Wildman–Crippen LogP) is 5.11. The molecule has 2 amide bonds. The molecular formula is C27H27ClN2O5. The highest BCUT2D eigenvalue weighted by Gasteiger charge is 2.25. The van der Waals surface area contributed by atoms with E-state index < -0.39 is 0 Å². The van der Waals surface area contributed by atoms with Crippen molar-refractivity contribution in [2.75, 3.05) is 36.6 Å². The predicted molar refractivity (Wildman–Crippen MR) is 136 cm³/mol. The van der Waals surface area contributed by atoms with Gasteiger partial charge in [0.05, 0.1) is 17.3 Å². The fourth-order valence-corrected chi connectivity index (χ4v) is 3.85. The van der Waals surface area contributed by atoms with Crippen LogP contribution in [0.2, 0.25) is 5.02 Å². The first-order chi connectivity index (χ1) is 17.0. The van der Waals surface area contributed by atoms with Crippen LogP contribution in [0.25, 0.3) is 0 Å². The molecule has 3 aromatic carbocycles. The zero-order chi connectivity index (χ0) is 24.6. The lowest BCUT2D eigenvalue weighted by Gasteiger charge is -2.30. The quantitative estimate of drug-likeness (QED) is 0.396. The minimum atomic E-state index is -0.345. The van der Waals surface area contributed by atoms with Gasteiger partial charge in [-0.05, 0) is 60.9 Å². The van der Waals surface area contributed by atoms with Gasteiger partial charge in [0.15, 0.2) is 13.2 Å². The van der Waals surface area contributed by atoms with Crippen molar-refractivity contribution in [2.45, 2.75) is 19.8 Å². The monoisotopic (exact) mass is 494 g/mol. The third-order valence-corrected chi connectivity index (χ3v) is 5.82. The number of ether oxygens (including phenoxy) is 3. The molecule has 0 aromatic heterocycles. The van der Waals surface area contributed by atoms with Gasteiger partial charge in [-0.2, -0.15) is 0 Å². The number of amides is 2. The van der Waals surface area contributed by atoms with Crippen LogP contribution in [0, 0.1) is 0 Å². The van der Waals surface area contributed by atoms with Crippen molar-refractivity contribution in [1.82, 2.24) is 0 Å². The molecule has 0 aliphatic carbocycles. The van der Waals surface area contributed by atoms with Gasteiger partial charge in [0.1, 0.15) is 17.2 Å². The Balaban J connectivity index is 1.33.